The molecule has 0 saturated carbocycles. The van der Waals surface area contributed by atoms with Crippen LogP contribution in [0.15, 0.2) is 30.3 Å². The summed E-state index contributed by atoms with van der Waals surface area (Å²) in [6, 6.07) is 7.72. The second-order valence-electron chi connectivity index (χ2n) is 5.46. The Morgan fingerprint density at radius 2 is 1.61 bits per heavy atom. The average molecular weight is 312 g/mol. The summed E-state index contributed by atoms with van der Waals surface area (Å²) in [5, 5.41) is 20.2. The summed E-state index contributed by atoms with van der Waals surface area (Å²) in [5.41, 5.74) is 2.76. The number of carbonyl (C=O) groups is 1. The number of carbonyl (C=O) groups excluding carboxylic acids is 1. The fourth-order valence-corrected chi connectivity index (χ4v) is 2.40. The van der Waals surface area contributed by atoms with Gasteiger partial charge in [0, 0.05) is 11.1 Å². The first kappa shape index (κ1) is 16.6. The van der Waals surface area contributed by atoms with E-state index in [1.54, 1.807) is 19.9 Å². The van der Waals surface area contributed by atoms with E-state index in [-0.39, 0.29) is 34.2 Å². The van der Waals surface area contributed by atoms with Crippen LogP contribution in [0.4, 0.5) is 0 Å². The molecule has 0 aliphatic rings. The van der Waals surface area contributed by atoms with E-state index in [4.69, 9.17) is 4.74 Å². The van der Waals surface area contributed by atoms with Gasteiger partial charge in [0.1, 0.15) is 22.8 Å². The van der Waals surface area contributed by atoms with Crippen molar-refractivity contribution in [2.24, 2.45) is 0 Å². The van der Waals surface area contributed by atoms with Crippen LogP contribution in [0.2, 0.25) is 0 Å². The third-order valence-corrected chi connectivity index (χ3v) is 3.83. The molecule has 0 heterocycles. The molecule has 0 aliphatic carbocycles. The lowest BCUT2D eigenvalue weighted by atomic mass is 9.98. The van der Waals surface area contributed by atoms with E-state index >= 15 is 0 Å². The normalized spacial score (nSPS) is 11.0. The van der Waals surface area contributed by atoms with Crippen molar-refractivity contribution in [2.75, 3.05) is 7.11 Å². The molecule has 0 atom stereocenters. The highest BCUT2D eigenvalue weighted by molar-refractivity contribution is 6.11. The molecular weight excluding hydrogens is 292 g/mol. The Morgan fingerprint density at radius 3 is 2.17 bits per heavy atom. The largest absolute Gasteiger partial charge is 0.507 e. The maximum Gasteiger partial charge on any atom is 0.193 e. The molecule has 23 heavy (non-hydrogen) atoms. The number of ketones is 1. The summed E-state index contributed by atoms with van der Waals surface area (Å²) in [4.78, 5) is 12.5. The maximum absolute atomic E-state index is 12.5. The number of methoxy groups -OCH3 is 1. The molecule has 2 N–H and O–H groups in total. The first-order chi connectivity index (χ1) is 10.9. The van der Waals surface area contributed by atoms with Gasteiger partial charge in [-0.05, 0) is 32.4 Å². The molecule has 2 aromatic carbocycles. The number of phenolic OH excluding ortho intramolecular Hbond substituents is 2. The Hall–Kier alpha value is -2.75. The highest BCUT2D eigenvalue weighted by Crippen LogP contribution is 2.41. The quantitative estimate of drug-likeness (QED) is 0.663. The lowest BCUT2D eigenvalue weighted by Gasteiger charge is -2.15. The van der Waals surface area contributed by atoms with Gasteiger partial charge in [0.2, 0.25) is 0 Å². The molecule has 2 aromatic rings. The Morgan fingerprint density at radius 1 is 1.00 bits per heavy atom. The number of ether oxygens (including phenoxy) is 1. The fourth-order valence-electron chi connectivity index (χ4n) is 2.40. The number of benzene rings is 2. The molecule has 120 valence electrons. The minimum atomic E-state index is -0.383. The van der Waals surface area contributed by atoms with Crippen molar-refractivity contribution < 1.29 is 19.7 Å². The lowest BCUT2D eigenvalue weighted by Crippen LogP contribution is -2.03. The van der Waals surface area contributed by atoms with Crippen LogP contribution in [0.3, 0.4) is 0 Å². The summed E-state index contributed by atoms with van der Waals surface area (Å²) in [5.74, 6) is -0.530. The molecule has 0 radical (unpaired) electrons. The van der Waals surface area contributed by atoms with Crippen LogP contribution in [0.5, 0.6) is 17.2 Å². The van der Waals surface area contributed by atoms with Crippen molar-refractivity contribution in [3.63, 3.8) is 0 Å². The lowest BCUT2D eigenvalue weighted by molar-refractivity contribution is 0.104. The van der Waals surface area contributed by atoms with E-state index in [1.807, 2.05) is 31.2 Å². The van der Waals surface area contributed by atoms with E-state index in [0.717, 1.165) is 11.1 Å². The predicted molar refractivity (Wildman–Crippen MR) is 90.3 cm³/mol. The standard InChI is InChI=1S/C19H20O4/c1-11-5-7-14(8-6-11)9-10-15(20)16-18(22)12(2)17(21)13(3)19(16)23-4/h5-10,21-22H,1-4H3. The van der Waals surface area contributed by atoms with Crippen LogP contribution in [0.25, 0.3) is 6.08 Å². The molecule has 4 nitrogen and oxygen atoms in total. The Labute approximate surface area is 135 Å². The number of hydrogen-bond acceptors (Lipinski definition) is 4. The number of phenols is 2. The highest BCUT2D eigenvalue weighted by Gasteiger charge is 2.23. The predicted octanol–water partition coefficient (Wildman–Crippen LogP) is 3.93. The molecule has 0 aromatic heterocycles. The number of allylic oxidation sites excluding steroid dienone is 1. The molecule has 0 saturated heterocycles. The van der Waals surface area contributed by atoms with Gasteiger partial charge < -0.3 is 14.9 Å². The minimum Gasteiger partial charge on any atom is -0.507 e. The SMILES string of the molecule is COc1c(C)c(O)c(C)c(O)c1C(=O)C=Cc1ccc(C)cc1. The molecular formula is C19H20O4. The van der Waals surface area contributed by atoms with E-state index < -0.39 is 0 Å². The molecule has 0 unspecified atom stereocenters. The zero-order valence-corrected chi connectivity index (χ0v) is 13.7. The van der Waals surface area contributed by atoms with Crippen LogP contribution < -0.4 is 4.74 Å². The second-order valence-corrected chi connectivity index (χ2v) is 5.46. The van der Waals surface area contributed by atoms with E-state index in [9.17, 15) is 15.0 Å². The van der Waals surface area contributed by atoms with E-state index in [2.05, 4.69) is 0 Å². The first-order valence-corrected chi connectivity index (χ1v) is 7.25. The third kappa shape index (κ3) is 3.21. The van der Waals surface area contributed by atoms with Crippen LogP contribution in [0.1, 0.15) is 32.6 Å². The zero-order chi connectivity index (χ0) is 17.1. The van der Waals surface area contributed by atoms with Gasteiger partial charge >= 0.3 is 0 Å². The number of rotatable bonds is 4. The highest BCUT2D eigenvalue weighted by atomic mass is 16.5. The van der Waals surface area contributed by atoms with Crippen LogP contribution in [0, 0.1) is 20.8 Å². The number of aryl methyl sites for hydroxylation is 1. The fraction of sp³-hybridized carbons (Fsp3) is 0.211. The van der Waals surface area contributed by atoms with Gasteiger partial charge in [-0.15, -0.1) is 0 Å². The third-order valence-electron chi connectivity index (χ3n) is 3.83. The van der Waals surface area contributed by atoms with Crippen LogP contribution in [-0.4, -0.2) is 23.1 Å². The summed E-state index contributed by atoms with van der Waals surface area (Å²) in [6.07, 6.45) is 3.07. The van der Waals surface area contributed by atoms with Gasteiger partial charge in [-0.25, -0.2) is 0 Å². The molecule has 0 bridgehead atoms. The van der Waals surface area contributed by atoms with Crippen molar-refractivity contribution in [1.82, 2.24) is 0 Å². The van der Waals surface area contributed by atoms with Crippen molar-refractivity contribution in [3.8, 4) is 17.2 Å². The minimum absolute atomic E-state index is 0.0589. The van der Waals surface area contributed by atoms with Crippen molar-refractivity contribution in [2.45, 2.75) is 20.8 Å². The summed E-state index contributed by atoms with van der Waals surface area (Å²) in [7, 11) is 1.40. The molecule has 0 aliphatic heterocycles. The maximum atomic E-state index is 12.5. The molecule has 0 fully saturated rings. The van der Waals surface area contributed by atoms with Gasteiger partial charge in [0.05, 0.1) is 7.11 Å². The number of aromatic hydroxyl groups is 2. The van der Waals surface area contributed by atoms with Gasteiger partial charge in [0.15, 0.2) is 5.78 Å². The van der Waals surface area contributed by atoms with Crippen LogP contribution in [-0.2, 0) is 0 Å². The monoisotopic (exact) mass is 312 g/mol. The van der Waals surface area contributed by atoms with Gasteiger partial charge in [-0.1, -0.05) is 35.9 Å². The van der Waals surface area contributed by atoms with Gasteiger partial charge in [-0.2, -0.15) is 0 Å². The van der Waals surface area contributed by atoms with Crippen molar-refractivity contribution >= 4 is 11.9 Å². The number of hydrogen-bond donors (Lipinski definition) is 2. The average Bonchev–Trinajstić information content (AvgIpc) is 2.55. The Bertz CT molecular complexity index is 771. The van der Waals surface area contributed by atoms with Crippen LogP contribution >= 0.6 is 0 Å². The summed E-state index contributed by atoms with van der Waals surface area (Å²) < 4.78 is 5.21. The summed E-state index contributed by atoms with van der Waals surface area (Å²) in [6.45, 7) is 5.18. The molecule has 4 heteroatoms. The summed E-state index contributed by atoms with van der Waals surface area (Å²) >= 11 is 0. The van der Waals surface area contributed by atoms with Gasteiger partial charge in [0.25, 0.3) is 0 Å². The van der Waals surface area contributed by atoms with Crippen molar-refractivity contribution in [3.05, 3.63) is 58.2 Å². The van der Waals surface area contributed by atoms with E-state index in [1.165, 1.54) is 13.2 Å². The smallest absolute Gasteiger partial charge is 0.193 e. The Balaban J connectivity index is 2.45. The zero-order valence-electron chi connectivity index (χ0n) is 13.7. The molecule has 0 spiro atoms. The molecule has 2 rings (SSSR count). The van der Waals surface area contributed by atoms with Crippen molar-refractivity contribution in [1.29, 1.82) is 0 Å². The first-order valence-electron chi connectivity index (χ1n) is 7.25. The van der Waals surface area contributed by atoms with Gasteiger partial charge in [-0.3, -0.25) is 4.79 Å². The topological polar surface area (TPSA) is 66.8 Å². The Kier molecular flexibility index (Phi) is 4.74. The molecule has 0 amide bonds. The second kappa shape index (κ2) is 6.57. The van der Waals surface area contributed by atoms with E-state index in [0.29, 0.717) is 5.56 Å².